The Morgan fingerprint density at radius 2 is 2.06 bits per heavy atom. The number of likely N-dealkylation sites (N-methyl/N-ethyl adjacent to an activating group) is 1. The van der Waals surface area contributed by atoms with Crippen molar-refractivity contribution in [3.63, 3.8) is 0 Å². The van der Waals surface area contributed by atoms with E-state index in [1.807, 2.05) is 13.0 Å². The molecule has 102 valence electrons. The zero-order chi connectivity index (χ0) is 12.8. The third kappa shape index (κ3) is 4.40. The van der Waals surface area contributed by atoms with Gasteiger partial charge in [0.15, 0.2) is 0 Å². The molecule has 1 saturated heterocycles. The van der Waals surface area contributed by atoms with E-state index in [1.54, 1.807) is 0 Å². The number of ether oxygens (including phenoxy) is 1. The second-order valence-electron chi connectivity index (χ2n) is 4.94. The first-order valence-electron chi connectivity index (χ1n) is 6.65. The van der Waals surface area contributed by atoms with E-state index in [0.29, 0.717) is 0 Å². The third-order valence-electron chi connectivity index (χ3n) is 3.33. The van der Waals surface area contributed by atoms with Crippen molar-refractivity contribution >= 4 is 0 Å². The normalized spacial score (nSPS) is 18.3. The van der Waals surface area contributed by atoms with Crippen LogP contribution in [0.2, 0.25) is 0 Å². The molecule has 0 aliphatic carbocycles. The number of aromatic nitrogens is 1. The van der Waals surface area contributed by atoms with Gasteiger partial charge in [0.1, 0.15) is 5.76 Å². The minimum Gasteiger partial charge on any atom is -0.380 e. The minimum absolute atomic E-state index is 0.722. The van der Waals surface area contributed by atoms with E-state index in [0.717, 1.165) is 63.8 Å². The lowest BCUT2D eigenvalue weighted by molar-refractivity contribution is 0.0828. The summed E-state index contributed by atoms with van der Waals surface area (Å²) in [6.45, 7) is 9.11. The van der Waals surface area contributed by atoms with Gasteiger partial charge in [0.25, 0.3) is 0 Å². The topological polar surface area (TPSA) is 41.7 Å². The van der Waals surface area contributed by atoms with Gasteiger partial charge >= 0.3 is 0 Å². The molecule has 2 heterocycles. The molecule has 1 aromatic rings. The molecule has 1 aliphatic rings. The summed E-state index contributed by atoms with van der Waals surface area (Å²) in [4.78, 5) is 4.82. The van der Waals surface area contributed by atoms with Crippen LogP contribution >= 0.6 is 0 Å². The highest BCUT2D eigenvalue weighted by atomic mass is 16.5. The molecule has 0 radical (unpaired) electrons. The van der Waals surface area contributed by atoms with Gasteiger partial charge in [-0.3, -0.25) is 4.90 Å². The van der Waals surface area contributed by atoms with Crippen LogP contribution in [0.4, 0.5) is 0 Å². The molecular weight excluding hydrogens is 230 g/mol. The van der Waals surface area contributed by atoms with Crippen molar-refractivity contribution in [2.24, 2.45) is 0 Å². The van der Waals surface area contributed by atoms with E-state index >= 15 is 0 Å². The maximum atomic E-state index is 5.64. The van der Waals surface area contributed by atoms with E-state index in [9.17, 15) is 0 Å². The van der Waals surface area contributed by atoms with Crippen LogP contribution in [0.3, 0.4) is 0 Å². The highest BCUT2D eigenvalue weighted by Gasteiger charge is 2.12. The molecule has 0 amide bonds. The Hall–Kier alpha value is -0.910. The van der Waals surface area contributed by atoms with Gasteiger partial charge < -0.3 is 14.2 Å². The van der Waals surface area contributed by atoms with Gasteiger partial charge in [0, 0.05) is 45.2 Å². The van der Waals surface area contributed by atoms with Crippen molar-refractivity contribution in [1.82, 2.24) is 15.0 Å². The highest BCUT2D eigenvalue weighted by molar-refractivity contribution is 5.03. The number of piperazine rings is 1. The Bertz CT molecular complexity index is 346. The first-order valence-corrected chi connectivity index (χ1v) is 6.65. The summed E-state index contributed by atoms with van der Waals surface area (Å²) in [5.41, 5.74) is 0.979. The van der Waals surface area contributed by atoms with E-state index < -0.39 is 0 Å². The van der Waals surface area contributed by atoms with Crippen molar-refractivity contribution < 1.29 is 9.26 Å². The molecule has 2 rings (SSSR count). The van der Waals surface area contributed by atoms with E-state index in [2.05, 4.69) is 22.0 Å². The lowest BCUT2D eigenvalue weighted by atomic mass is 10.3. The quantitative estimate of drug-likeness (QED) is 0.701. The van der Waals surface area contributed by atoms with Gasteiger partial charge in [0.2, 0.25) is 0 Å². The second-order valence-corrected chi connectivity index (χ2v) is 4.94. The highest BCUT2D eigenvalue weighted by Crippen LogP contribution is 2.02. The van der Waals surface area contributed by atoms with Crippen molar-refractivity contribution in [2.45, 2.75) is 13.3 Å². The summed E-state index contributed by atoms with van der Waals surface area (Å²) in [6, 6.07) is 1.96. The SMILES string of the molecule is Cc1cc(CCOCCN2CCN(C)CC2)no1. The van der Waals surface area contributed by atoms with Crippen LogP contribution in [0.1, 0.15) is 11.5 Å². The summed E-state index contributed by atoms with van der Waals surface area (Å²) in [5.74, 6) is 0.863. The van der Waals surface area contributed by atoms with Crippen molar-refractivity contribution in [2.75, 3.05) is 53.0 Å². The number of nitrogens with zero attached hydrogens (tertiary/aromatic N) is 3. The van der Waals surface area contributed by atoms with Gasteiger partial charge in [-0.2, -0.15) is 0 Å². The standard InChI is InChI=1S/C13H23N3O2/c1-12-11-13(14-18-12)3-9-17-10-8-16-6-4-15(2)5-7-16/h11H,3-10H2,1-2H3. The molecule has 0 bridgehead atoms. The Morgan fingerprint density at radius 1 is 1.28 bits per heavy atom. The summed E-state index contributed by atoms with van der Waals surface area (Å²) in [7, 11) is 2.17. The first-order chi connectivity index (χ1) is 8.74. The molecule has 18 heavy (non-hydrogen) atoms. The van der Waals surface area contributed by atoms with Crippen LogP contribution in [-0.2, 0) is 11.2 Å². The van der Waals surface area contributed by atoms with Crippen LogP contribution in [-0.4, -0.2) is 67.9 Å². The van der Waals surface area contributed by atoms with Gasteiger partial charge in [-0.05, 0) is 14.0 Å². The lowest BCUT2D eigenvalue weighted by Gasteiger charge is -2.32. The fourth-order valence-electron chi connectivity index (χ4n) is 2.08. The van der Waals surface area contributed by atoms with Crippen molar-refractivity contribution in [3.8, 4) is 0 Å². The summed E-state index contributed by atoms with van der Waals surface area (Å²) in [6.07, 6.45) is 0.833. The lowest BCUT2D eigenvalue weighted by Crippen LogP contribution is -2.45. The van der Waals surface area contributed by atoms with E-state index in [4.69, 9.17) is 9.26 Å². The molecule has 0 aromatic carbocycles. The maximum Gasteiger partial charge on any atom is 0.133 e. The Balaban J connectivity index is 1.51. The molecule has 0 saturated carbocycles. The van der Waals surface area contributed by atoms with Crippen LogP contribution in [0.5, 0.6) is 0 Å². The smallest absolute Gasteiger partial charge is 0.133 e. The fraction of sp³-hybridized carbons (Fsp3) is 0.769. The molecule has 1 fully saturated rings. The van der Waals surface area contributed by atoms with Crippen LogP contribution in [0.15, 0.2) is 10.6 Å². The number of rotatable bonds is 6. The van der Waals surface area contributed by atoms with Gasteiger partial charge in [-0.15, -0.1) is 0 Å². The largest absolute Gasteiger partial charge is 0.380 e. The Morgan fingerprint density at radius 3 is 2.72 bits per heavy atom. The minimum atomic E-state index is 0.722. The zero-order valence-electron chi connectivity index (χ0n) is 11.4. The van der Waals surface area contributed by atoms with Crippen LogP contribution in [0, 0.1) is 6.92 Å². The average Bonchev–Trinajstić information content (AvgIpc) is 2.77. The van der Waals surface area contributed by atoms with E-state index in [1.165, 1.54) is 0 Å². The summed E-state index contributed by atoms with van der Waals surface area (Å²) >= 11 is 0. The molecular formula is C13H23N3O2. The van der Waals surface area contributed by atoms with Gasteiger partial charge in [0.05, 0.1) is 18.9 Å². The third-order valence-corrected chi connectivity index (χ3v) is 3.33. The number of hydrogen-bond donors (Lipinski definition) is 0. The average molecular weight is 253 g/mol. The molecule has 1 aromatic heterocycles. The van der Waals surface area contributed by atoms with Gasteiger partial charge in [-0.25, -0.2) is 0 Å². The van der Waals surface area contributed by atoms with Crippen molar-refractivity contribution in [1.29, 1.82) is 0 Å². The Labute approximate surface area is 109 Å². The van der Waals surface area contributed by atoms with Crippen LogP contribution in [0.25, 0.3) is 0 Å². The predicted molar refractivity (Wildman–Crippen MR) is 69.7 cm³/mol. The van der Waals surface area contributed by atoms with E-state index in [-0.39, 0.29) is 0 Å². The monoisotopic (exact) mass is 253 g/mol. The predicted octanol–water partition coefficient (Wildman–Crippen LogP) is 0.790. The Kier molecular flexibility index (Phi) is 5.16. The summed E-state index contributed by atoms with van der Waals surface area (Å²) in [5, 5.41) is 3.94. The summed E-state index contributed by atoms with van der Waals surface area (Å²) < 4.78 is 10.6. The molecule has 0 N–H and O–H groups in total. The van der Waals surface area contributed by atoms with Crippen molar-refractivity contribution in [3.05, 3.63) is 17.5 Å². The fourth-order valence-corrected chi connectivity index (χ4v) is 2.08. The molecule has 1 aliphatic heterocycles. The molecule has 5 heteroatoms. The molecule has 0 unspecified atom stereocenters. The number of aryl methyl sites for hydroxylation is 1. The van der Waals surface area contributed by atoms with Crippen LogP contribution < -0.4 is 0 Å². The first kappa shape index (κ1) is 13.5. The second kappa shape index (κ2) is 6.87. The zero-order valence-corrected chi connectivity index (χ0v) is 11.4. The van der Waals surface area contributed by atoms with Gasteiger partial charge in [-0.1, -0.05) is 5.16 Å². The molecule has 0 spiro atoms. The maximum absolute atomic E-state index is 5.64. The number of hydrogen-bond acceptors (Lipinski definition) is 5. The molecule has 0 atom stereocenters. The molecule has 5 nitrogen and oxygen atoms in total.